The zero-order valence-corrected chi connectivity index (χ0v) is 19.9. The summed E-state index contributed by atoms with van der Waals surface area (Å²) in [6.07, 6.45) is 4.40. The van der Waals surface area contributed by atoms with Gasteiger partial charge in [0.05, 0.1) is 16.6 Å². The SMILES string of the molecule is COCC[C@@H](C=O)N(C(=O)C1CCC(C)CC1)c1cc(C#CC(C)(C)C)sc1C(=O)O. The number of hydrogen-bond acceptors (Lipinski definition) is 5. The van der Waals surface area contributed by atoms with Crippen molar-refractivity contribution in [2.45, 2.75) is 65.8 Å². The molecular formula is C24H33NO5S. The third-order valence-corrected chi connectivity index (χ3v) is 6.46. The molecule has 1 aromatic rings. The number of anilines is 1. The fourth-order valence-electron chi connectivity index (χ4n) is 3.69. The Morgan fingerprint density at radius 2 is 1.97 bits per heavy atom. The van der Waals surface area contributed by atoms with Crippen molar-refractivity contribution in [3.05, 3.63) is 15.8 Å². The second-order valence-corrected chi connectivity index (χ2v) is 10.3. The van der Waals surface area contributed by atoms with Crippen LogP contribution in [0.2, 0.25) is 0 Å². The van der Waals surface area contributed by atoms with E-state index in [4.69, 9.17) is 4.74 Å². The predicted octanol–water partition coefficient (Wildman–Crippen LogP) is 4.61. The van der Waals surface area contributed by atoms with Gasteiger partial charge < -0.3 is 19.5 Å². The van der Waals surface area contributed by atoms with Crippen LogP contribution < -0.4 is 4.90 Å². The second-order valence-electron chi connectivity index (χ2n) is 9.28. The van der Waals surface area contributed by atoms with Crippen molar-refractivity contribution in [3.63, 3.8) is 0 Å². The number of carboxylic acid groups (broad SMARTS) is 1. The highest BCUT2D eigenvalue weighted by Crippen LogP contribution is 2.36. The number of carbonyl (C=O) groups excluding carboxylic acids is 2. The first-order valence-electron chi connectivity index (χ1n) is 10.7. The molecule has 0 radical (unpaired) electrons. The minimum absolute atomic E-state index is 0.0278. The average molecular weight is 448 g/mol. The summed E-state index contributed by atoms with van der Waals surface area (Å²) in [7, 11) is 1.53. The van der Waals surface area contributed by atoms with Gasteiger partial charge in [-0.25, -0.2) is 4.79 Å². The smallest absolute Gasteiger partial charge is 0.348 e. The first-order valence-corrected chi connectivity index (χ1v) is 11.6. The first kappa shape index (κ1) is 25.1. The molecule has 1 atom stereocenters. The lowest BCUT2D eigenvalue weighted by Gasteiger charge is -2.34. The van der Waals surface area contributed by atoms with Crippen molar-refractivity contribution in [1.82, 2.24) is 0 Å². The van der Waals surface area contributed by atoms with Crippen molar-refractivity contribution in [1.29, 1.82) is 0 Å². The second kappa shape index (κ2) is 10.9. The number of aldehydes is 1. The molecule has 7 heteroatoms. The van der Waals surface area contributed by atoms with Gasteiger partial charge in [-0.2, -0.15) is 0 Å². The molecular weight excluding hydrogens is 414 g/mol. The van der Waals surface area contributed by atoms with Gasteiger partial charge in [-0.05, 0) is 64.9 Å². The van der Waals surface area contributed by atoms with Gasteiger partial charge in [0.1, 0.15) is 11.2 Å². The summed E-state index contributed by atoms with van der Waals surface area (Å²) >= 11 is 1.04. The standard InChI is InChI=1S/C24H33NO5S/c1-16-6-8-17(9-7-16)22(27)25(18(15-26)11-13-30-5)20-14-19(10-12-24(2,3)4)31-21(20)23(28)29/h14-18H,6-9,11,13H2,1-5H3,(H,28,29)/t16?,17?,18-/m0/s1. The van der Waals surface area contributed by atoms with Gasteiger partial charge in [0.2, 0.25) is 5.91 Å². The van der Waals surface area contributed by atoms with Crippen molar-refractivity contribution >= 4 is 35.2 Å². The summed E-state index contributed by atoms with van der Waals surface area (Å²) in [5, 5.41) is 9.82. The number of carbonyl (C=O) groups is 3. The Labute approximate surface area is 189 Å². The van der Waals surface area contributed by atoms with E-state index >= 15 is 0 Å². The van der Waals surface area contributed by atoms with Crippen LogP contribution in [0.15, 0.2) is 6.07 Å². The first-order chi connectivity index (χ1) is 14.6. The van der Waals surface area contributed by atoms with Crippen LogP contribution in [0.4, 0.5) is 5.69 Å². The number of hydrogen-bond donors (Lipinski definition) is 1. The molecule has 2 rings (SSSR count). The maximum atomic E-state index is 13.6. The molecule has 0 aliphatic heterocycles. The van der Waals surface area contributed by atoms with Crippen LogP contribution >= 0.6 is 11.3 Å². The van der Waals surface area contributed by atoms with E-state index in [0.717, 1.165) is 37.0 Å². The molecule has 0 spiro atoms. The molecule has 0 unspecified atom stereocenters. The monoisotopic (exact) mass is 447 g/mol. The Bertz CT molecular complexity index is 850. The van der Waals surface area contributed by atoms with E-state index in [9.17, 15) is 19.5 Å². The molecule has 0 aromatic carbocycles. The van der Waals surface area contributed by atoms with Gasteiger partial charge in [-0.3, -0.25) is 4.79 Å². The summed E-state index contributed by atoms with van der Waals surface area (Å²) in [4.78, 5) is 39.6. The zero-order chi connectivity index (χ0) is 23.2. The molecule has 1 aliphatic rings. The predicted molar refractivity (Wildman–Crippen MR) is 123 cm³/mol. The molecule has 170 valence electrons. The average Bonchev–Trinajstić information content (AvgIpc) is 3.13. The molecule has 1 aromatic heterocycles. The molecule has 1 fully saturated rings. The van der Waals surface area contributed by atoms with E-state index in [1.165, 1.54) is 12.0 Å². The number of ether oxygens (including phenoxy) is 1. The normalized spacial score (nSPS) is 19.8. The van der Waals surface area contributed by atoms with Crippen molar-refractivity contribution in [2.75, 3.05) is 18.6 Å². The molecule has 1 N–H and O–H groups in total. The lowest BCUT2D eigenvalue weighted by molar-refractivity contribution is -0.125. The summed E-state index contributed by atoms with van der Waals surface area (Å²) in [5.74, 6) is 5.18. The van der Waals surface area contributed by atoms with Gasteiger partial charge in [-0.1, -0.05) is 18.8 Å². The highest BCUT2D eigenvalue weighted by molar-refractivity contribution is 7.15. The van der Waals surface area contributed by atoms with Crippen LogP contribution in [0.1, 0.15) is 74.3 Å². The maximum absolute atomic E-state index is 13.6. The van der Waals surface area contributed by atoms with Gasteiger partial charge in [0.25, 0.3) is 0 Å². The number of thiophene rings is 1. The summed E-state index contributed by atoms with van der Waals surface area (Å²) in [6.45, 7) is 8.38. The Kier molecular flexibility index (Phi) is 8.84. The zero-order valence-electron chi connectivity index (χ0n) is 19.1. The molecule has 1 saturated carbocycles. The summed E-state index contributed by atoms with van der Waals surface area (Å²) in [6, 6.07) is 0.849. The highest BCUT2D eigenvalue weighted by Gasteiger charge is 2.35. The quantitative estimate of drug-likeness (QED) is 0.465. The minimum atomic E-state index is -1.13. The summed E-state index contributed by atoms with van der Waals surface area (Å²) < 4.78 is 5.13. The number of rotatable bonds is 8. The third-order valence-electron chi connectivity index (χ3n) is 5.44. The highest BCUT2D eigenvalue weighted by atomic mass is 32.1. The Morgan fingerprint density at radius 3 is 2.48 bits per heavy atom. The Balaban J connectivity index is 2.52. The fraction of sp³-hybridized carbons (Fsp3) is 0.625. The van der Waals surface area contributed by atoms with Crippen LogP contribution in [0.5, 0.6) is 0 Å². The van der Waals surface area contributed by atoms with Gasteiger partial charge >= 0.3 is 5.97 Å². The third kappa shape index (κ3) is 6.91. The van der Waals surface area contributed by atoms with Gasteiger partial charge in [0.15, 0.2) is 0 Å². The molecule has 31 heavy (non-hydrogen) atoms. The lowest BCUT2D eigenvalue weighted by Crippen LogP contribution is -2.46. The topological polar surface area (TPSA) is 83.9 Å². The number of nitrogens with zero attached hydrogens (tertiary/aromatic N) is 1. The van der Waals surface area contributed by atoms with Crippen molar-refractivity contribution < 1.29 is 24.2 Å². The van der Waals surface area contributed by atoms with E-state index in [-0.39, 0.29) is 34.4 Å². The van der Waals surface area contributed by atoms with E-state index in [1.54, 1.807) is 6.07 Å². The van der Waals surface area contributed by atoms with Crippen LogP contribution in [0.25, 0.3) is 0 Å². The number of carboxylic acids is 1. The van der Waals surface area contributed by atoms with Crippen LogP contribution in [0.3, 0.4) is 0 Å². The molecule has 1 amide bonds. The van der Waals surface area contributed by atoms with Gasteiger partial charge in [-0.15, -0.1) is 11.3 Å². The van der Waals surface area contributed by atoms with E-state index in [0.29, 0.717) is 23.5 Å². The fourth-order valence-corrected chi connectivity index (χ4v) is 4.53. The molecule has 6 nitrogen and oxygen atoms in total. The largest absolute Gasteiger partial charge is 0.477 e. The molecule has 0 bridgehead atoms. The molecule has 1 aliphatic carbocycles. The van der Waals surface area contributed by atoms with E-state index < -0.39 is 12.0 Å². The van der Waals surface area contributed by atoms with Crippen molar-refractivity contribution in [3.8, 4) is 11.8 Å². The Hall–Kier alpha value is -2.17. The lowest BCUT2D eigenvalue weighted by atomic mass is 9.82. The van der Waals surface area contributed by atoms with E-state index in [1.807, 2.05) is 20.8 Å². The van der Waals surface area contributed by atoms with Crippen LogP contribution in [0, 0.1) is 29.1 Å². The number of methoxy groups -OCH3 is 1. The number of aromatic carboxylic acids is 1. The maximum Gasteiger partial charge on any atom is 0.348 e. The molecule has 0 saturated heterocycles. The summed E-state index contributed by atoms with van der Waals surface area (Å²) in [5.41, 5.74) is 0.0126. The number of amides is 1. The van der Waals surface area contributed by atoms with E-state index in [2.05, 4.69) is 18.8 Å². The minimum Gasteiger partial charge on any atom is -0.477 e. The molecule has 1 heterocycles. The van der Waals surface area contributed by atoms with Crippen molar-refractivity contribution in [2.24, 2.45) is 17.3 Å². The van der Waals surface area contributed by atoms with Crippen LogP contribution in [-0.2, 0) is 14.3 Å². The Morgan fingerprint density at radius 1 is 1.32 bits per heavy atom. The van der Waals surface area contributed by atoms with Crippen LogP contribution in [-0.4, -0.2) is 43.0 Å². The van der Waals surface area contributed by atoms with Gasteiger partial charge in [0, 0.05) is 25.0 Å².